The maximum atomic E-state index is 9.99. The highest BCUT2D eigenvalue weighted by molar-refractivity contribution is 5.27. The highest BCUT2D eigenvalue weighted by Crippen LogP contribution is 2.24. The summed E-state index contributed by atoms with van der Waals surface area (Å²) in [4.78, 5) is 0. The lowest BCUT2D eigenvalue weighted by molar-refractivity contribution is -0.277. The lowest BCUT2D eigenvalue weighted by Gasteiger charge is -2.39. The first-order valence-electron chi connectivity index (χ1n) is 8.58. The fourth-order valence-electron chi connectivity index (χ4n) is 2.80. The second-order valence-electron chi connectivity index (χ2n) is 6.34. The number of benzene rings is 1. The van der Waals surface area contributed by atoms with Crippen LogP contribution in [0.4, 0.5) is 0 Å². The van der Waals surface area contributed by atoms with E-state index in [9.17, 15) is 20.4 Å². The molecule has 1 aliphatic heterocycles. The van der Waals surface area contributed by atoms with E-state index in [4.69, 9.17) is 14.6 Å². The first-order valence-corrected chi connectivity index (χ1v) is 8.58. The van der Waals surface area contributed by atoms with Gasteiger partial charge in [-0.05, 0) is 24.1 Å². The van der Waals surface area contributed by atoms with Crippen molar-refractivity contribution in [1.82, 2.24) is 15.0 Å². The predicted molar refractivity (Wildman–Crippen MR) is 90.5 cm³/mol. The minimum Gasteiger partial charge on any atom is -0.462 e. The molecule has 10 nitrogen and oxygen atoms in total. The molecule has 0 radical (unpaired) electrons. The molecule has 2 heterocycles. The Kier molecular flexibility index (Phi) is 6.37. The number of nitrogens with zero attached hydrogens (tertiary/aromatic N) is 3. The lowest BCUT2D eigenvalue weighted by atomic mass is 9.99. The van der Waals surface area contributed by atoms with Crippen molar-refractivity contribution in [2.24, 2.45) is 0 Å². The van der Waals surface area contributed by atoms with Crippen molar-refractivity contribution >= 4 is 0 Å². The van der Waals surface area contributed by atoms with Crippen molar-refractivity contribution in [3.8, 4) is 5.75 Å². The smallest absolute Gasteiger partial charge is 0.229 e. The minimum atomic E-state index is -1.48. The minimum absolute atomic E-state index is 0.149. The second kappa shape index (κ2) is 8.74. The zero-order valence-electron chi connectivity index (χ0n) is 14.5. The summed E-state index contributed by atoms with van der Waals surface area (Å²) in [6.07, 6.45) is -4.21. The van der Waals surface area contributed by atoms with Gasteiger partial charge in [0, 0.05) is 6.54 Å². The number of rotatable bonds is 7. The van der Waals surface area contributed by atoms with Gasteiger partial charge in [0.05, 0.1) is 19.4 Å². The van der Waals surface area contributed by atoms with Gasteiger partial charge in [-0.3, -0.25) is 4.68 Å². The fraction of sp³-hybridized carbons (Fsp3) is 0.529. The van der Waals surface area contributed by atoms with E-state index in [1.807, 2.05) is 12.1 Å². The molecule has 1 aromatic heterocycles. The zero-order valence-corrected chi connectivity index (χ0v) is 14.5. The standard InChI is InChI=1S/C17H23N3O7/c21-8-11-7-20(19-18-11)6-5-10-1-3-12(4-2-10)26-17-16(25)15(24)14(23)13(9-22)27-17/h1-4,7,13-17,21-25H,5-6,8-9H2/t13-,14-,15+,16+,17+/m1/s1. The van der Waals surface area contributed by atoms with Crippen LogP contribution in [0.5, 0.6) is 5.75 Å². The highest BCUT2D eigenvalue weighted by Gasteiger charge is 2.44. The summed E-state index contributed by atoms with van der Waals surface area (Å²) < 4.78 is 12.5. The number of ether oxygens (including phenoxy) is 2. The predicted octanol–water partition coefficient (Wildman–Crippen LogP) is -1.81. The third kappa shape index (κ3) is 4.61. The molecule has 1 fully saturated rings. The third-order valence-electron chi connectivity index (χ3n) is 4.40. The quantitative estimate of drug-likeness (QED) is 0.374. The van der Waals surface area contributed by atoms with Crippen LogP contribution in [0.3, 0.4) is 0 Å². The van der Waals surface area contributed by atoms with Gasteiger partial charge in [0.1, 0.15) is 35.9 Å². The molecule has 0 bridgehead atoms. The summed E-state index contributed by atoms with van der Waals surface area (Å²) in [7, 11) is 0. The maximum absolute atomic E-state index is 9.99. The first-order chi connectivity index (χ1) is 13.0. The Bertz CT molecular complexity index is 722. The van der Waals surface area contributed by atoms with Gasteiger partial charge in [-0.2, -0.15) is 0 Å². The Hall–Kier alpha value is -2.08. The van der Waals surface area contributed by atoms with Gasteiger partial charge >= 0.3 is 0 Å². The van der Waals surface area contributed by atoms with Crippen LogP contribution in [0.1, 0.15) is 11.3 Å². The monoisotopic (exact) mass is 381 g/mol. The summed E-state index contributed by atoms with van der Waals surface area (Å²) in [6.45, 7) is -0.0616. The topological polar surface area (TPSA) is 150 Å². The van der Waals surface area contributed by atoms with Gasteiger partial charge in [0.15, 0.2) is 0 Å². The Labute approximate surface area is 155 Å². The van der Waals surface area contributed by atoms with Crippen LogP contribution in [0, 0.1) is 0 Å². The van der Waals surface area contributed by atoms with Gasteiger partial charge in [-0.1, -0.05) is 17.3 Å². The van der Waals surface area contributed by atoms with Gasteiger partial charge < -0.3 is 35.0 Å². The van der Waals surface area contributed by atoms with E-state index >= 15 is 0 Å². The van der Waals surface area contributed by atoms with Crippen molar-refractivity contribution in [3.05, 3.63) is 41.7 Å². The van der Waals surface area contributed by atoms with E-state index < -0.39 is 37.3 Å². The number of aliphatic hydroxyl groups is 5. The number of aryl methyl sites for hydroxylation is 2. The van der Waals surface area contributed by atoms with Crippen LogP contribution < -0.4 is 4.74 Å². The van der Waals surface area contributed by atoms with Crippen molar-refractivity contribution in [2.75, 3.05) is 6.61 Å². The molecule has 2 aromatic rings. The van der Waals surface area contributed by atoms with E-state index in [-0.39, 0.29) is 6.61 Å². The summed E-state index contributed by atoms with van der Waals surface area (Å²) in [5.41, 5.74) is 1.52. The number of hydrogen-bond acceptors (Lipinski definition) is 9. The van der Waals surface area contributed by atoms with E-state index in [0.29, 0.717) is 24.4 Å². The van der Waals surface area contributed by atoms with Crippen LogP contribution in [-0.4, -0.2) is 77.8 Å². The third-order valence-corrected chi connectivity index (χ3v) is 4.40. The molecule has 1 aliphatic rings. The molecule has 1 saturated heterocycles. The average molecular weight is 381 g/mol. The summed E-state index contributed by atoms with van der Waals surface area (Å²) >= 11 is 0. The van der Waals surface area contributed by atoms with Crippen molar-refractivity contribution in [1.29, 1.82) is 0 Å². The van der Waals surface area contributed by atoms with E-state index in [2.05, 4.69) is 10.3 Å². The van der Waals surface area contributed by atoms with Gasteiger partial charge in [-0.15, -0.1) is 5.10 Å². The lowest BCUT2D eigenvalue weighted by Crippen LogP contribution is -2.60. The Balaban J connectivity index is 1.56. The molecule has 0 spiro atoms. The van der Waals surface area contributed by atoms with Crippen LogP contribution >= 0.6 is 0 Å². The second-order valence-corrected chi connectivity index (χ2v) is 6.34. The molecular weight excluding hydrogens is 358 g/mol. The number of aromatic nitrogens is 3. The van der Waals surface area contributed by atoms with Crippen molar-refractivity contribution in [2.45, 2.75) is 50.3 Å². The molecule has 5 atom stereocenters. The van der Waals surface area contributed by atoms with Crippen molar-refractivity contribution in [3.63, 3.8) is 0 Å². The maximum Gasteiger partial charge on any atom is 0.229 e. The highest BCUT2D eigenvalue weighted by atomic mass is 16.7. The van der Waals surface area contributed by atoms with Gasteiger partial charge in [0.2, 0.25) is 6.29 Å². The fourth-order valence-corrected chi connectivity index (χ4v) is 2.80. The summed E-state index contributed by atoms with van der Waals surface area (Å²) in [6, 6.07) is 7.06. The van der Waals surface area contributed by atoms with E-state index in [0.717, 1.165) is 5.56 Å². The Morgan fingerprint density at radius 3 is 2.41 bits per heavy atom. The summed E-state index contributed by atoms with van der Waals surface area (Å²) in [5.74, 6) is 0.409. The molecule has 148 valence electrons. The average Bonchev–Trinajstić information content (AvgIpc) is 3.16. The molecule has 27 heavy (non-hydrogen) atoms. The molecule has 3 rings (SSSR count). The molecule has 1 aromatic carbocycles. The molecule has 0 aliphatic carbocycles. The molecule has 0 amide bonds. The van der Waals surface area contributed by atoms with Crippen molar-refractivity contribution < 1.29 is 35.0 Å². The Morgan fingerprint density at radius 1 is 1.04 bits per heavy atom. The molecular formula is C17H23N3O7. The Morgan fingerprint density at radius 2 is 1.78 bits per heavy atom. The number of aliphatic hydroxyl groups excluding tert-OH is 5. The van der Waals surface area contributed by atoms with Crippen LogP contribution in [0.2, 0.25) is 0 Å². The van der Waals surface area contributed by atoms with Crippen LogP contribution in [-0.2, 0) is 24.3 Å². The molecule has 0 saturated carbocycles. The zero-order chi connectivity index (χ0) is 19.4. The van der Waals surface area contributed by atoms with Gasteiger partial charge in [0.25, 0.3) is 0 Å². The first kappa shape index (κ1) is 19.7. The summed E-state index contributed by atoms with van der Waals surface area (Å²) in [5, 5.41) is 55.4. The largest absolute Gasteiger partial charge is 0.462 e. The van der Waals surface area contributed by atoms with Crippen LogP contribution in [0.25, 0.3) is 0 Å². The SMILES string of the molecule is OCc1cn(CCc2ccc(O[C@H]3O[C@H](CO)[C@@H](O)[C@H](O)[C@@H]3O)cc2)nn1. The van der Waals surface area contributed by atoms with E-state index in [1.165, 1.54) is 0 Å². The van der Waals surface area contributed by atoms with Gasteiger partial charge in [-0.25, -0.2) is 0 Å². The molecule has 0 unspecified atom stereocenters. The van der Waals surface area contributed by atoms with E-state index in [1.54, 1.807) is 23.0 Å². The van der Waals surface area contributed by atoms with Crippen LogP contribution in [0.15, 0.2) is 30.5 Å². The molecule has 5 N–H and O–H groups in total. The normalized spacial score (nSPS) is 28.3. The number of hydrogen-bond donors (Lipinski definition) is 5. The molecule has 10 heteroatoms.